The van der Waals surface area contributed by atoms with E-state index in [1.165, 1.54) is 12.0 Å². The first-order valence-corrected chi connectivity index (χ1v) is 10.6. The quantitative estimate of drug-likeness (QED) is 0.576. The summed E-state index contributed by atoms with van der Waals surface area (Å²) in [7, 11) is 1.35. The van der Waals surface area contributed by atoms with E-state index in [1.54, 1.807) is 30.0 Å². The van der Waals surface area contributed by atoms with Crippen LogP contribution < -0.4 is 5.32 Å². The Morgan fingerprint density at radius 3 is 2.76 bits per heavy atom. The lowest BCUT2D eigenvalue weighted by atomic mass is 9.78. The van der Waals surface area contributed by atoms with E-state index in [2.05, 4.69) is 0 Å². The fourth-order valence-electron chi connectivity index (χ4n) is 4.23. The molecule has 25 heavy (non-hydrogen) atoms. The summed E-state index contributed by atoms with van der Waals surface area (Å²) in [4.78, 5) is 41.1. The van der Waals surface area contributed by atoms with Crippen molar-refractivity contribution in [3.8, 4) is 0 Å². The molecule has 4 atom stereocenters. The average molecular weight is 384 g/mol. The minimum absolute atomic E-state index is 0.165. The number of fused-ring (bicyclic) bond motifs is 1. The number of amides is 2. The molecule has 136 valence electrons. The van der Waals surface area contributed by atoms with Crippen molar-refractivity contribution in [1.82, 2.24) is 4.90 Å². The van der Waals surface area contributed by atoms with Crippen molar-refractivity contribution in [3.63, 3.8) is 0 Å². The van der Waals surface area contributed by atoms with Crippen molar-refractivity contribution in [2.45, 2.75) is 24.9 Å². The van der Waals surface area contributed by atoms with Gasteiger partial charge in [0.05, 0.1) is 12.0 Å². The van der Waals surface area contributed by atoms with Gasteiger partial charge in [-0.1, -0.05) is 6.07 Å². The summed E-state index contributed by atoms with van der Waals surface area (Å²) in [5, 5.41) is 3.88. The van der Waals surface area contributed by atoms with Crippen molar-refractivity contribution in [3.05, 3.63) is 22.4 Å². The van der Waals surface area contributed by atoms with Crippen molar-refractivity contribution < 1.29 is 24.4 Å². The van der Waals surface area contributed by atoms with E-state index in [0.29, 0.717) is 13.0 Å². The van der Waals surface area contributed by atoms with E-state index in [1.807, 2.05) is 29.1 Å². The molecule has 0 radical (unpaired) electrons. The number of thioether (sulfide) groups is 1. The van der Waals surface area contributed by atoms with Gasteiger partial charge in [0.25, 0.3) is 0 Å². The van der Waals surface area contributed by atoms with Gasteiger partial charge in [0.1, 0.15) is 17.9 Å². The van der Waals surface area contributed by atoms with Crippen LogP contribution in [0.4, 0.5) is 0 Å². The van der Waals surface area contributed by atoms with Crippen LogP contribution in [0.5, 0.6) is 0 Å². The summed E-state index contributed by atoms with van der Waals surface area (Å²) in [5.41, 5.74) is -1.03. The summed E-state index contributed by atoms with van der Waals surface area (Å²) in [6, 6.07) is 3.68. The maximum absolute atomic E-state index is 13.0. The Kier molecular flexibility index (Phi) is 5.22. The van der Waals surface area contributed by atoms with E-state index < -0.39 is 23.3 Å². The first kappa shape index (κ1) is 18.4. The Labute approximate surface area is 155 Å². The number of esters is 1. The van der Waals surface area contributed by atoms with E-state index in [-0.39, 0.29) is 17.9 Å². The summed E-state index contributed by atoms with van der Waals surface area (Å²) in [6.07, 6.45) is 2.47. The predicted octanol–water partition coefficient (Wildman–Crippen LogP) is 0.652. The zero-order valence-electron chi connectivity index (χ0n) is 14.6. The highest BCUT2D eigenvalue weighted by Gasteiger charge is 2.72. The molecule has 2 aliphatic heterocycles. The van der Waals surface area contributed by atoms with Gasteiger partial charge >= 0.3 is 5.97 Å². The van der Waals surface area contributed by atoms with Crippen LogP contribution in [-0.2, 0) is 19.1 Å². The highest BCUT2D eigenvalue weighted by atomic mass is 32.2. The first-order valence-electron chi connectivity index (χ1n) is 8.33. The largest absolute Gasteiger partial charge is 0.464 e. The Morgan fingerprint density at radius 1 is 1.44 bits per heavy atom. The molecule has 6 nitrogen and oxygen atoms in total. The lowest BCUT2D eigenvalue weighted by Crippen LogP contribution is -2.98. The molecule has 3 heterocycles. The van der Waals surface area contributed by atoms with Crippen molar-refractivity contribution >= 4 is 40.9 Å². The van der Waals surface area contributed by atoms with Gasteiger partial charge in [0.15, 0.2) is 0 Å². The third kappa shape index (κ3) is 2.71. The highest BCUT2D eigenvalue weighted by Crippen LogP contribution is 2.46. The second kappa shape index (κ2) is 7.09. The first-order chi connectivity index (χ1) is 12.0. The Bertz CT molecular complexity index is 678. The molecule has 8 heteroatoms. The second-order valence-electron chi connectivity index (χ2n) is 6.41. The monoisotopic (exact) mass is 383 g/mol. The predicted molar refractivity (Wildman–Crippen MR) is 96.1 cm³/mol. The van der Waals surface area contributed by atoms with Gasteiger partial charge in [-0.05, 0) is 30.4 Å². The molecule has 0 saturated carbocycles. The molecule has 1 aromatic rings. The molecule has 2 saturated heterocycles. The van der Waals surface area contributed by atoms with Gasteiger partial charge in [-0.25, -0.2) is 4.79 Å². The third-order valence-corrected chi connectivity index (χ3v) is 6.92. The summed E-state index contributed by atoms with van der Waals surface area (Å²) < 4.78 is 5.10. The van der Waals surface area contributed by atoms with Gasteiger partial charge in [-0.2, -0.15) is 11.8 Å². The highest BCUT2D eigenvalue weighted by molar-refractivity contribution is 7.98. The SMILES string of the molecule is CCN1C(=O)[C@@H]2[C@@H](C1=O)[C@](CCSC)(C(=O)OC)[NH2+][C@H]2c1cccs1. The number of thiophene rings is 1. The number of ether oxygens (including phenoxy) is 1. The molecule has 2 amide bonds. The molecule has 1 aromatic heterocycles. The number of nitrogens with zero attached hydrogens (tertiary/aromatic N) is 1. The third-order valence-electron chi connectivity index (χ3n) is 5.33. The molecule has 0 spiro atoms. The summed E-state index contributed by atoms with van der Waals surface area (Å²) in [6.45, 7) is 2.13. The van der Waals surface area contributed by atoms with E-state index in [9.17, 15) is 14.4 Å². The number of imide groups is 1. The van der Waals surface area contributed by atoms with Crippen molar-refractivity contribution in [2.75, 3.05) is 25.7 Å². The van der Waals surface area contributed by atoms with Crippen molar-refractivity contribution in [2.24, 2.45) is 11.8 Å². The fraction of sp³-hybridized carbons (Fsp3) is 0.588. The topological polar surface area (TPSA) is 80.3 Å². The molecule has 0 unspecified atom stereocenters. The normalized spacial score (nSPS) is 31.5. The molecule has 0 bridgehead atoms. The van der Waals surface area contributed by atoms with Crippen LogP contribution in [0.2, 0.25) is 0 Å². The maximum Gasteiger partial charge on any atom is 0.368 e. The minimum atomic E-state index is -1.03. The van der Waals surface area contributed by atoms with Gasteiger partial charge in [-0.15, -0.1) is 11.3 Å². The Hall–Kier alpha value is -1.38. The number of carbonyl (C=O) groups is 3. The maximum atomic E-state index is 13.0. The minimum Gasteiger partial charge on any atom is -0.464 e. The van der Waals surface area contributed by atoms with Crippen LogP contribution in [-0.4, -0.2) is 53.9 Å². The molecule has 3 rings (SSSR count). The fourth-order valence-corrected chi connectivity index (χ4v) is 5.62. The number of rotatable bonds is 6. The average Bonchev–Trinajstić information content (AvgIpc) is 3.30. The molecule has 0 aromatic carbocycles. The number of hydrogen-bond donors (Lipinski definition) is 1. The lowest BCUT2D eigenvalue weighted by Gasteiger charge is -2.28. The molecule has 2 N–H and O–H groups in total. The molecule has 0 aliphatic carbocycles. The number of methoxy groups -OCH3 is 1. The van der Waals surface area contributed by atoms with E-state index in [0.717, 1.165) is 10.6 Å². The zero-order chi connectivity index (χ0) is 18.2. The van der Waals surface area contributed by atoms with E-state index >= 15 is 0 Å². The lowest BCUT2D eigenvalue weighted by molar-refractivity contribution is -0.734. The van der Waals surface area contributed by atoms with Crippen LogP contribution in [0.25, 0.3) is 0 Å². The number of nitrogens with two attached hydrogens (primary N) is 1. The molecule has 2 fully saturated rings. The van der Waals surface area contributed by atoms with Gasteiger partial charge in [0, 0.05) is 13.0 Å². The van der Waals surface area contributed by atoms with Crippen LogP contribution in [0.1, 0.15) is 24.3 Å². The van der Waals surface area contributed by atoms with Gasteiger partial charge < -0.3 is 10.1 Å². The second-order valence-corrected chi connectivity index (χ2v) is 8.37. The molecular weight excluding hydrogens is 360 g/mol. The van der Waals surface area contributed by atoms with Crippen LogP contribution in [0.3, 0.4) is 0 Å². The summed E-state index contributed by atoms with van der Waals surface area (Å²) in [5.74, 6) is -1.26. The van der Waals surface area contributed by atoms with Crippen LogP contribution in [0.15, 0.2) is 17.5 Å². The van der Waals surface area contributed by atoms with Gasteiger partial charge in [0.2, 0.25) is 17.4 Å². The standard InChI is InChI=1S/C17H22N2O4S2/c1-4-19-14(20)11-12(15(19)21)17(7-9-24-3,16(22)23-2)18-13(11)10-6-5-8-25-10/h5-6,8,11-13,18H,4,7,9H2,1-3H3/p+1/t11-,12+,13+,17-/m1/s1. The molecular formula is C17H23N2O4S2+. The van der Waals surface area contributed by atoms with Gasteiger partial charge in [-0.3, -0.25) is 14.5 Å². The Balaban J connectivity index is 2.11. The van der Waals surface area contributed by atoms with E-state index in [4.69, 9.17) is 4.74 Å². The zero-order valence-corrected chi connectivity index (χ0v) is 16.2. The number of hydrogen-bond acceptors (Lipinski definition) is 6. The Morgan fingerprint density at radius 2 is 2.20 bits per heavy atom. The number of carbonyl (C=O) groups excluding carboxylic acids is 3. The summed E-state index contributed by atoms with van der Waals surface area (Å²) >= 11 is 3.18. The number of likely N-dealkylation sites (tertiary alicyclic amines) is 1. The smallest absolute Gasteiger partial charge is 0.368 e. The van der Waals surface area contributed by atoms with Crippen molar-refractivity contribution in [1.29, 1.82) is 0 Å². The van der Waals surface area contributed by atoms with Crippen LogP contribution >= 0.6 is 23.1 Å². The van der Waals surface area contributed by atoms with Crippen LogP contribution in [0, 0.1) is 11.8 Å². The molecule has 2 aliphatic rings. The number of quaternary nitrogens is 1.